The van der Waals surface area contributed by atoms with Crippen molar-refractivity contribution in [2.24, 2.45) is 0 Å². The molecule has 0 spiro atoms. The van der Waals surface area contributed by atoms with Crippen molar-refractivity contribution in [2.45, 2.75) is 18.6 Å². The van der Waals surface area contributed by atoms with Crippen molar-refractivity contribution >= 4 is 21.4 Å². The number of rotatable bonds is 3. The van der Waals surface area contributed by atoms with E-state index in [0.29, 0.717) is 6.54 Å². The lowest BCUT2D eigenvalue weighted by Crippen LogP contribution is -2.57. The molecule has 0 aromatic heterocycles. The molecule has 3 rings (SSSR count). The first kappa shape index (κ1) is 17.0. The first-order valence-corrected chi connectivity index (χ1v) is 9.67. The third kappa shape index (κ3) is 3.33. The Morgan fingerprint density at radius 2 is 2.00 bits per heavy atom. The predicted molar refractivity (Wildman–Crippen MR) is 87.2 cm³/mol. The summed E-state index contributed by atoms with van der Waals surface area (Å²) in [5.41, 5.74) is 0.723. The average Bonchev–Trinajstić information content (AvgIpc) is 2.78. The van der Waals surface area contributed by atoms with Crippen LogP contribution >= 0.6 is 11.6 Å². The number of piperazine rings is 1. The van der Waals surface area contributed by atoms with Crippen molar-refractivity contribution in [1.29, 1.82) is 0 Å². The third-order valence-electron chi connectivity index (χ3n) is 4.72. The molecule has 0 radical (unpaired) electrons. The third-order valence-corrected chi connectivity index (χ3v) is 6.70. The van der Waals surface area contributed by atoms with E-state index in [9.17, 15) is 12.8 Å². The van der Waals surface area contributed by atoms with Gasteiger partial charge in [0.2, 0.25) is 0 Å². The van der Waals surface area contributed by atoms with Crippen LogP contribution < -0.4 is 4.74 Å². The molecule has 0 unspecified atom stereocenters. The molecule has 2 aliphatic rings. The molecule has 5 nitrogen and oxygen atoms in total. The van der Waals surface area contributed by atoms with E-state index >= 15 is 0 Å². The second-order valence-electron chi connectivity index (χ2n) is 6.26. The molecule has 0 saturated carbocycles. The molecule has 2 saturated heterocycles. The van der Waals surface area contributed by atoms with E-state index in [1.165, 1.54) is 13.2 Å². The summed E-state index contributed by atoms with van der Waals surface area (Å²) in [6.45, 7) is 2.02. The highest BCUT2D eigenvalue weighted by molar-refractivity contribution is 7.91. The molecule has 8 heteroatoms. The van der Waals surface area contributed by atoms with Gasteiger partial charge in [-0.25, -0.2) is 12.8 Å². The van der Waals surface area contributed by atoms with Crippen molar-refractivity contribution < 1.29 is 17.5 Å². The van der Waals surface area contributed by atoms with Crippen LogP contribution in [0.25, 0.3) is 0 Å². The van der Waals surface area contributed by atoms with Crippen molar-refractivity contribution in [1.82, 2.24) is 9.80 Å². The predicted octanol–water partition coefficient (Wildman–Crippen LogP) is 1.40. The second-order valence-corrected chi connectivity index (χ2v) is 8.82. The number of benzene rings is 1. The van der Waals surface area contributed by atoms with E-state index in [1.54, 1.807) is 6.07 Å². The van der Waals surface area contributed by atoms with E-state index < -0.39 is 15.7 Å². The van der Waals surface area contributed by atoms with Crippen LogP contribution in [0.5, 0.6) is 5.75 Å². The largest absolute Gasteiger partial charge is 0.492 e. The Labute approximate surface area is 140 Å². The highest BCUT2D eigenvalue weighted by Gasteiger charge is 2.45. The summed E-state index contributed by atoms with van der Waals surface area (Å²) in [7, 11) is 0.314. The van der Waals surface area contributed by atoms with Crippen molar-refractivity contribution in [3.63, 3.8) is 0 Å². The van der Waals surface area contributed by atoms with Crippen LogP contribution in [0.3, 0.4) is 0 Å². The van der Waals surface area contributed by atoms with E-state index in [-0.39, 0.29) is 34.4 Å². The minimum Gasteiger partial charge on any atom is -0.492 e. The Morgan fingerprint density at radius 1 is 1.30 bits per heavy atom. The molecule has 128 valence electrons. The maximum Gasteiger partial charge on any atom is 0.173 e. The van der Waals surface area contributed by atoms with Crippen molar-refractivity contribution in [3.05, 3.63) is 28.5 Å². The van der Waals surface area contributed by atoms with Crippen LogP contribution in [0.15, 0.2) is 12.1 Å². The van der Waals surface area contributed by atoms with Gasteiger partial charge in [-0.15, -0.1) is 0 Å². The van der Waals surface area contributed by atoms with Crippen molar-refractivity contribution in [2.75, 3.05) is 38.8 Å². The summed E-state index contributed by atoms with van der Waals surface area (Å²) >= 11 is 6.04. The van der Waals surface area contributed by atoms with E-state index in [0.717, 1.165) is 18.7 Å². The Hall–Kier alpha value is -0.890. The van der Waals surface area contributed by atoms with Gasteiger partial charge in [-0.2, -0.15) is 0 Å². The average molecular weight is 363 g/mol. The smallest absolute Gasteiger partial charge is 0.173 e. The molecule has 2 heterocycles. The van der Waals surface area contributed by atoms with Gasteiger partial charge >= 0.3 is 0 Å². The zero-order valence-corrected chi connectivity index (χ0v) is 14.7. The monoisotopic (exact) mass is 362 g/mol. The number of halogens is 2. The van der Waals surface area contributed by atoms with Gasteiger partial charge in [0.1, 0.15) is 0 Å². The van der Waals surface area contributed by atoms with Crippen molar-refractivity contribution in [3.8, 4) is 5.75 Å². The van der Waals surface area contributed by atoms with E-state index in [1.807, 2.05) is 7.05 Å². The van der Waals surface area contributed by atoms with Crippen LogP contribution in [0.2, 0.25) is 5.02 Å². The number of hydrogen-bond donors (Lipinski definition) is 0. The Balaban J connectivity index is 1.83. The minimum absolute atomic E-state index is 0.00678. The number of nitrogens with zero attached hydrogens (tertiary/aromatic N) is 2. The maximum absolute atomic E-state index is 14.0. The summed E-state index contributed by atoms with van der Waals surface area (Å²) in [5.74, 6) is -0.105. The second kappa shape index (κ2) is 6.20. The molecule has 0 amide bonds. The van der Waals surface area contributed by atoms with Gasteiger partial charge in [-0.1, -0.05) is 11.6 Å². The first-order valence-electron chi connectivity index (χ1n) is 7.47. The van der Waals surface area contributed by atoms with Gasteiger partial charge in [0, 0.05) is 31.7 Å². The molecule has 0 bridgehead atoms. The summed E-state index contributed by atoms with van der Waals surface area (Å²) in [6, 6.07) is 3.04. The van der Waals surface area contributed by atoms with Crippen LogP contribution in [-0.2, 0) is 16.4 Å². The summed E-state index contributed by atoms with van der Waals surface area (Å²) in [6.07, 6.45) is 0. The SMILES string of the molecule is COc1c(F)cc(CN2CCN(C)[C@@H]3CS(=O)(=O)C[C@@H]32)cc1Cl. The number of methoxy groups -OCH3 is 1. The highest BCUT2D eigenvalue weighted by Crippen LogP contribution is 2.31. The number of likely N-dealkylation sites (N-methyl/N-ethyl adjacent to an activating group) is 1. The molecule has 0 N–H and O–H groups in total. The van der Waals surface area contributed by atoms with Crippen LogP contribution in [-0.4, -0.2) is 69.1 Å². The molecule has 2 atom stereocenters. The Kier molecular flexibility index (Phi) is 4.57. The van der Waals surface area contributed by atoms with Crippen LogP contribution in [0.4, 0.5) is 4.39 Å². The zero-order chi connectivity index (χ0) is 16.8. The highest BCUT2D eigenvalue weighted by atomic mass is 35.5. The molecule has 2 fully saturated rings. The summed E-state index contributed by atoms with van der Waals surface area (Å²) in [4.78, 5) is 4.22. The fourth-order valence-corrected chi connectivity index (χ4v) is 5.92. The van der Waals surface area contributed by atoms with Crippen LogP contribution in [0.1, 0.15) is 5.56 Å². The standard InChI is InChI=1S/C15H20ClFN2O3S/c1-18-3-4-19(14-9-23(20,21)8-13(14)18)7-10-5-11(16)15(22-2)12(17)6-10/h5-6,13-14H,3-4,7-9H2,1-2H3/t13-,14+/m1/s1. The minimum atomic E-state index is -3.02. The van der Waals surface area contributed by atoms with E-state index in [4.69, 9.17) is 16.3 Å². The van der Waals surface area contributed by atoms with Gasteiger partial charge < -0.3 is 4.74 Å². The zero-order valence-electron chi connectivity index (χ0n) is 13.1. The van der Waals surface area contributed by atoms with Gasteiger partial charge in [0.15, 0.2) is 21.4 Å². The lowest BCUT2D eigenvalue weighted by molar-refractivity contribution is 0.0572. The summed E-state index contributed by atoms with van der Waals surface area (Å²) in [5, 5.41) is 0.229. The molecule has 1 aromatic carbocycles. The molecular weight excluding hydrogens is 343 g/mol. The molecule has 0 aliphatic carbocycles. The molecule has 2 aliphatic heterocycles. The molecule has 1 aromatic rings. The summed E-state index contributed by atoms with van der Waals surface area (Å²) < 4.78 is 42.9. The lowest BCUT2D eigenvalue weighted by atomic mass is 10.0. The Bertz CT molecular complexity index is 690. The molecule has 23 heavy (non-hydrogen) atoms. The maximum atomic E-state index is 14.0. The first-order chi connectivity index (χ1) is 10.8. The number of sulfone groups is 1. The van der Waals surface area contributed by atoms with E-state index in [2.05, 4.69) is 9.80 Å². The van der Waals surface area contributed by atoms with Crippen LogP contribution in [0, 0.1) is 5.82 Å². The number of hydrogen-bond acceptors (Lipinski definition) is 5. The van der Waals surface area contributed by atoms with Gasteiger partial charge in [-0.3, -0.25) is 9.80 Å². The molecular formula is C15H20ClFN2O3S. The van der Waals surface area contributed by atoms with Gasteiger partial charge in [0.25, 0.3) is 0 Å². The fraction of sp³-hybridized carbons (Fsp3) is 0.600. The number of ether oxygens (including phenoxy) is 1. The lowest BCUT2D eigenvalue weighted by Gasteiger charge is -2.42. The quantitative estimate of drug-likeness (QED) is 0.813. The fourth-order valence-electron chi connectivity index (χ4n) is 3.53. The Morgan fingerprint density at radius 3 is 2.65 bits per heavy atom. The topological polar surface area (TPSA) is 49.9 Å². The normalized spacial score (nSPS) is 27.8. The van der Waals surface area contributed by atoms with Gasteiger partial charge in [0.05, 0.1) is 23.6 Å². The number of fused-ring (bicyclic) bond motifs is 1. The van der Waals surface area contributed by atoms with Gasteiger partial charge in [-0.05, 0) is 24.7 Å².